The predicted octanol–water partition coefficient (Wildman–Crippen LogP) is 1.04. The Kier molecular flexibility index (Phi) is 3.46. The zero-order valence-electron chi connectivity index (χ0n) is 9.46. The summed E-state index contributed by atoms with van der Waals surface area (Å²) in [5, 5.41) is 3.07. The van der Waals surface area contributed by atoms with Gasteiger partial charge in [0.25, 0.3) is 0 Å². The van der Waals surface area contributed by atoms with E-state index in [1.165, 1.54) is 4.90 Å². The van der Waals surface area contributed by atoms with Crippen LogP contribution in [0.25, 0.3) is 0 Å². The highest BCUT2D eigenvalue weighted by molar-refractivity contribution is 5.75. The van der Waals surface area contributed by atoms with Gasteiger partial charge in [-0.3, -0.25) is 0 Å². The molecule has 7 heteroatoms. The van der Waals surface area contributed by atoms with Crippen LogP contribution in [0.15, 0.2) is 0 Å². The van der Waals surface area contributed by atoms with Gasteiger partial charge in [-0.2, -0.15) is 13.2 Å². The average Bonchev–Trinajstić information content (AvgIpc) is 2.78. The van der Waals surface area contributed by atoms with Crippen molar-refractivity contribution < 1.29 is 18.0 Å². The zero-order valence-corrected chi connectivity index (χ0v) is 9.46. The number of likely N-dealkylation sites (tertiary alicyclic amines) is 1. The van der Waals surface area contributed by atoms with Crippen molar-refractivity contribution in [2.45, 2.75) is 25.1 Å². The number of carbonyl (C=O) groups excluding carboxylic acids is 1. The molecule has 2 rings (SSSR count). The van der Waals surface area contributed by atoms with Crippen molar-refractivity contribution in [3.05, 3.63) is 0 Å². The van der Waals surface area contributed by atoms with Gasteiger partial charge in [-0.25, -0.2) is 4.79 Å². The van der Waals surface area contributed by atoms with Gasteiger partial charge in [-0.05, 0) is 12.8 Å². The number of carbonyl (C=O) groups is 1. The lowest BCUT2D eigenvalue weighted by Gasteiger charge is -2.34. The van der Waals surface area contributed by atoms with Gasteiger partial charge in [0.1, 0.15) is 6.04 Å². The van der Waals surface area contributed by atoms with Gasteiger partial charge in [0.05, 0.1) is 0 Å². The molecule has 0 aromatic heterocycles. The molecule has 2 heterocycles. The number of nitrogens with zero attached hydrogens (tertiary/aromatic N) is 2. The van der Waals surface area contributed by atoms with Crippen LogP contribution in [0.3, 0.4) is 0 Å². The third-order valence-electron chi connectivity index (χ3n) is 3.26. The highest BCUT2D eigenvalue weighted by Gasteiger charge is 2.48. The Morgan fingerprint density at radius 3 is 2.41 bits per heavy atom. The van der Waals surface area contributed by atoms with Crippen molar-refractivity contribution in [1.82, 2.24) is 15.1 Å². The molecule has 0 bridgehead atoms. The first-order chi connectivity index (χ1) is 8.00. The number of halogens is 3. The van der Waals surface area contributed by atoms with Crippen LogP contribution in [0, 0.1) is 0 Å². The van der Waals surface area contributed by atoms with E-state index in [0.29, 0.717) is 32.6 Å². The summed E-state index contributed by atoms with van der Waals surface area (Å²) in [7, 11) is 0. The van der Waals surface area contributed by atoms with Crippen LogP contribution < -0.4 is 5.32 Å². The molecule has 2 amide bonds. The van der Waals surface area contributed by atoms with E-state index in [9.17, 15) is 18.0 Å². The molecule has 0 aliphatic carbocycles. The van der Waals surface area contributed by atoms with Crippen molar-refractivity contribution in [2.24, 2.45) is 0 Å². The number of urea groups is 1. The van der Waals surface area contributed by atoms with Gasteiger partial charge in [0, 0.05) is 32.7 Å². The number of rotatable bonds is 0. The van der Waals surface area contributed by atoms with Crippen molar-refractivity contribution in [3.8, 4) is 0 Å². The maximum absolute atomic E-state index is 12.7. The van der Waals surface area contributed by atoms with Crippen molar-refractivity contribution in [2.75, 3.05) is 32.7 Å². The zero-order chi connectivity index (χ0) is 12.5. The van der Waals surface area contributed by atoms with Crippen molar-refractivity contribution in [3.63, 3.8) is 0 Å². The number of hydrogen-bond acceptors (Lipinski definition) is 2. The van der Waals surface area contributed by atoms with Gasteiger partial charge in [-0.15, -0.1) is 0 Å². The molecular formula is C10H16F3N3O. The maximum atomic E-state index is 12.7. The monoisotopic (exact) mass is 251 g/mol. The molecule has 2 aliphatic heterocycles. The van der Waals surface area contributed by atoms with E-state index in [2.05, 4.69) is 5.32 Å². The molecule has 0 spiro atoms. The topological polar surface area (TPSA) is 35.6 Å². The van der Waals surface area contributed by atoms with Crippen LogP contribution in [0.5, 0.6) is 0 Å². The van der Waals surface area contributed by atoms with Crippen LogP contribution in [0.1, 0.15) is 12.8 Å². The molecule has 0 saturated carbocycles. The Balaban J connectivity index is 2.02. The lowest BCUT2D eigenvalue weighted by molar-refractivity contribution is -0.170. The second kappa shape index (κ2) is 4.72. The highest BCUT2D eigenvalue weighted by atomic mass is 19.4. The fraction of sp³-hybridized carbons (Fsp3) is 0.900. The molecule has 98 valence electrons. The van der Waals surface area contributed by atoms with Gasteiger partial charge in [0.15, 0.2) is 0 Å². The van der Waals surface area contributed by atoms with Crippen LogP contribution in [0.4, 0.5) is 18.0 Å². The smallest absolute Gasteiger partial charge is 0.322 e. The SMILES string of the molecule is O=C(N1CCNCC1)N1CCC[C@H]1C(F)(F)F. The van der Waals surface area contributed by atoms with Crippen LogP contribution in [0.2, 0.25) is 0 Å². The van der Waals surface area contributed by atoms with Crippen LogP contribution in [-0.2, 0) is 0 Å². The summed E-state index contributed by atoms with van der Waals surface area (Å²) in [5.41, 5.74) is 0. The van der Waals surface area contributed by atoms with Gasteiger partial charge in [-0.1, -0.05) is 0 Å². The molecule has 0 unspecified atom stereocenters. The predicted molar refractivity (Wildman–Crippen MR) is 55.6 cm³/mol. The van der Waals surface area contributed by atoms with E-state index in [-0.39, 0.29) is 13.0 Å². The normalized spacial score (nSPS) is 26.4. The third kappa shape index (κ3) is 2.65. The van der Waals surface area contributed by atoms with Gasteiger partial charge >= 0.3 is 12.2 Å². The minimum atomic E-state index is -4.31. The second-order valence-electron chi connectivity index (χ2n) is 4.41. The summed E-state index contributed by atoms with van der Waals surface area (Å²) in [6.07, 6.45) is -3.84. The van der Waals surface area contributed by atoms with Crippen molar-refractivity contribution >= 4 is 6.03 Å². The Hall–Kier alpha value is -0.980. The largest absolute Gasteiger partial charge is 0.408 e. The molecule has 2 saturated heterocycles. The molecule has 0 aromatic rings. The first-order valence-corrected chi connectivity index (χ1v) is 5.83. The fourth-order valence-corrected chi connectivity index (χ4v) is 2.37. The second-order valence-corrected chi connectivity index (χ2v) is 4.41. The minimum absolute atomic E-state index is 0.0291. The molecule has 0 aromatic carbocycles. The molecule has 4 nitrogen and oxygen atoms in total. The first kappa shape index (κ1) is 12.5. The van der Waals surface area contributed by atoms with E-state index in [1.54, 1.807) is 0 Å². The molecule has 17 heavy (non-hydrogen) atoms. The number of alkyl halides is 3. The average molecular weight is 251 g/mol. The molecular weight excluding hydrogens is 235 g/mol. The molecule has 1 N–H and O–H groups in total. The third-order valence-corrected chi connectivity index (χ3v) is 3.26. The van der Waals surface area contributed by atoms with Gasteiger partial charge < -0.3 is 15.1 Å². The van der Waals surface area contributed by atoms with E-state index >= 15 is 0 Å². The Labute approximate surface area is 97.7 Å². The van der Waals surface area contributed by atoms with Crippen molar-refractivity contribution in [1.29, 1.82) is 0 Å². The van der Waals surface area contributed by atoms with E-state index in [0.717, 1.165) is 4.90 Å². The Morgan fingerprint density at radius 2 is 1.82 bits per heavy atom. The standard InChI is InChI=1S/C10H16F3N3O/c11-10(12,13)8-2-1-5-16(8)9(17)15-6-3-14-4-7-15/h8,14H,1-7H2/t8-/m0/s1. The molecule has 2 fully saturated rings. The number of hydrogen-bond donors (Lipinski definition) is 1. The van der Waals surface area contributed by atoms with Gasteiger partial charge in [0.2, 0.25) is 0 Å². The first-order valence-electron chi connectivity index (χ1n) is 5.83. The lowest BCUT2D eigenvalue weighted by Crippen LogP contribution is -2.54. The summed E-state index contributed by atoms with van der Waals surface area (Å²) >= 11 is 0. The molecule has 1 atom stereocenters. The number of nitrogens with one attached hydrogen (secondary N) is 1. The number of piperazine rings is 1. The highest BCUT2D eigenvalue weighted by Crippen LogP contribution is 2.33. The number of amides is 2. The lowest BCUT2D eigenvalue weighted by atomic mass is 10.2. The van der Waals surface area contributed by atoms with Crippen LogP contribution >= 0.6 is 0 Å². The molecule has 0 radical (unpaired) electrons. The minimum Gasteiger partial charge on any atom is -0.322 e. The summed E-state index contributed by atoms with van der Waals surface area (Å²) < 4.78 is 38.1. The van der Waals surface area contributed by atoms with E-state index < -0.39 is 18.2 Å². The molecule has 2 aliphatic rings. The summed E-state index contributed by atoms with van der Waals surface area (Å²) in [6.45, 7) is 2.49. The fourth-order valence-electron chi connectivity index (χ4n) is 2.37. The van der Waals surface area contributed by atoms with E-state index in [4.69, 9.17) is 0 Å². The Bertz CT molecular complexity index is 289. The maximum Gasteiger partial charge on any atom is 0.408 e. The van der Waals surface area contributed by atoms with Crippen LogP contribution in [-0.4, -0.2) is 60.8 Å². The summed E-state index contributed by atoms with van der Waals surface area (Å²) in [6, 6.07) is -2.06. The quantitative estimate of drug-likeness (QED) is 0.698. The summed E-state index contributed by atoms with van der Waals surface area (Å²) in [4.78, 5) is 14.5. The van der Waals surface area contributed by atoms with E-state index in [1.807, 2.05) is 0 Å². The Morgan fingerprint density at radius 1 is 1.18 bits per heavy atom. The summed E-state index contributed by atoms with van der Waals surface area (Å²) in [5.74, 6) is 0.